The lowest BCUT2D eigenvalue weighted by atomic mass is 9.94. The zero-order valence-corrected chi connectivity index (χ0v) is 14.7. The Labute approximate surface area is 149 Å². The molecule has 0 atom stereocenters. The Bertz CT molecular complexity index is 670. The molecule has 1 saturated carbocycles. The maximum Gasteiger partial charge on any atom is 0.226 e. The second-order valence-electron chi connectivity index (χ2n) is 7.43. The third kappa shape index (κ3) is 4.13. The minimum absolute atomic E-state index is 0.198. The summed E-state index contributed by atoms with van der Waals surface area (Å²) < 4.78 is 0. The molecule has 4 heteroatoms. The van der Waals surface area contributed by atoms with Crippen molar-refractivity contribution in [3.05, 3.63) is 59.9 Å². The van der Waals surface area contributed by atoms with Gasteiger partial charge in [-0.1, -0.05) is 30.3 Å². The summed E-state index contributed by atoms with van der Waals surface area (Å²) in [4.78, 5) is 21.0. The molecular formula is C21H27N3O. The predicted octanol–water partition coefficient (Wildman–Crippen LogP) is 3.42. The summed E-state index contributed by atoms with van der Waals surface area (Å²) in [7, 11) is 0. The van der Waals surface area contributed by atoms with E-state index >= 15 is 0 Å². The van der Waals surface area contributed by atoms with Crippen molar-refractivity contribution in [2.45, 2.75) is 44.8 Å². The lowest BCUT2D eigenvalue weighted by molar-refractivity contribution is -0.138. The summed E-state index contributed by atoms with van der Waals surface area (Å²) in [6.07, 6.45) is 6.28. The van der Waals surface area contributed by atoms with Crippen LogP contribution >= 0.6 is 0 Å². The maximum absolute atomic E-state index is 13.1. The molecule has 2 heterocycles. The fourth-order valence-corrected chi connectivity index (χ4v) is 3.83. The van der Waals surface area contributed by atoms with E-state index in [4.69, 9.17) is 0 Å². The van der Waals surface area contributed by atoms with Crippen LogP contribution in [0.4, 0.5) is 0 Å². The number of amides is 1. The number of hydrogen-bond acceptors (Lipinski definition) is 2. The van der Waals surface area contributed by atoms with E-state index in [1.807, 2.05) is 18.3 Å². The van der Waals surface area contributed by atoms with Crippen molar-refractivity contribution >= 4 is 5.91 Å². The van der Waals surface area contributed by atoms with Gasteiger partial charge in [-0.2, -0.15) is 0 Å². The summed E-state index contributed by atoms with van der Waals surface area (Å²) in [5.74, 6) is 0.579. The molecule has 1 aliphatic carbocycles. The Morgan fingerprint density at radius 2 is 1.80 bits per heavy atom. The summed E-state index contributed by atoms with van der Waals surface area (Å²) in [6.45, 7) is 3.76. The normalized spacial score (nSPS) is 19.0. The van der Waals surface area contributed by atoms with Crippen molar-refractivity contribution in [2.75, 3.05) is 13.1 Å². The SMILES string of the molecule is O=C(C1CCN(Cc2ccc[nH]2)CC1)N(Cc1ccccc1)C1CC1. The van der Waals surface area contributed by atoms with E-state index in [0.717, 1.165) is 39.0 Å². The van der Waals surface area contributed by atoms with Gasteiger partial charge in [-0.05, 0) is 56.5 Å². The second kappa shape index (κ2) is 7.44. The minimum Gasteiger partial charge on any atom is -0.364 e. The highest BCUT2D eigenvalue weighted by molar-refractivity contribution is 5.79. The van der Waals surface area contributed by atoms with Gasteiger partial charge in [0.15, 0.2) is 0 Å². The van der Waals surface area contributed by atoms with E-state index in [0.29, 0.717) is 11.9 Å². The van der Waals surface area contributed by atoms with Crippen LogP contribution in [0.25, 0.3) is 0 Å². The van der Waals surface area contributed by atoms with Crippen LogP contribution in [-0.2, 0) is 17.9 Å². The van der Waals surface area contributed by atoms with Crippen LogP contribution in [0.1, 0.15) is 36.9 Å². The number of aromatic amines is 1. The molecule has 0 unspecified atom stereocenters. The molecule has 0 bridgehead atoms. The van der Waals surface area contributed by atoms with Crippen molar-refractivity contribution < 1.29 is 4.79 Å². The molecule has 1 N–H and O–H groups in total. The molecule has 25 heavy (non-hydrogen) atoms. The van der Waals surface area contributed by atoms with E-state index in [2.05, 4.69) is 45.1 Å². The van der Waals surface area contributed by atoms with Crippen LogP contribution in [0, 0.1) is 5.92 Å². The highest BCUT2D eigenvalue weighted by atomic mass is 16.2. The molecule has 1 saturated heterocycles. The number of hydrogen-bond donors (Lipinski definition) is 1. The number of carbonyl (C=O) groups excluding carboxylic acids is 1. The van der Waals surface area contributed by atoms with Gasteiger partial charge in [0.1, 0.15) is 0 Å². The Kier molecular flexibility index (Phi) is 4.88. The number of piperidine rings is 1. The average molecular weight is 337 g/mol. The number of rotatable bonds is 6. The van der Waals surface area contributed by atoms with Crippen molar-refractivity contribution in [1.29, 1.82) is 0 Å². The van der Waals surface area contributed by atoms with E-state index in [-0.39, 0.29) is 5.92 Å². The van der Waals surface area contributed by atoms with Gasteiger partial charge >= 0.3 is 0 Å². The minimum atomic E-state index is 0.198. The van der Waals surface area contributed by atoms with E-state index in [1.165, 1.54) is 24.1 Å². The molecule has 2 fully saturated rings. The lowest BCUT2D eigenvalue weighted by Gasteiger charge is -2.34. The maximum atomic E-state index is 13.1. The number of benzene rings is 1. The second-order valence-corrected chi connectivity index (χ2v) is 7.43. The molecule has 0 radical (unpaired) electrons. The van der Waals surface area contributed by atoms with Crippen molar-refractivity contribution in [3.8, 4) is 0 Å². The smallest absolute Gasteiger partial charge is 0.226 e. The van der Waals surface area contributed by atoms with Crippen molar-refractivity contribution in [1.82, 2.24) is 14.8 Å². The van der Waals surface area contributed by atoms with E-state index < -0.39 is 0 Å². The Morgan fingerprint density at radius 1 is 1.04 bits per heavy atom. The molecule has 1 amide bonds. The molecule has 4 rings (SSSR count). The Balaban J connectivity index is 1.33. The molecule has 1 aliphatic heterocycles. The topological polar surface area (TPSA) is 39.3 Å². The monoisotopic (exact) mass is 337 g/mol. The van der Waals surface area contributed by atoms with Crippen LogP contribution in [0.15, 0.2) is 48.7 Å². The standard InChI is InChI=1S/C21H27N3O/c25-21(24(20-8-9-20)15-17-5-2-1-3-6-17)18-10-13-23(14-11-18)16-19-7-4-12-22-19/h1-7,12,18,20,22H,8-11,13-16H2. The van der Waals surface area contributed by atoms with Crippen LogP contribution in [0.2, 0.25) is 0 Å². The van der Waals surface area contributed by atoms with E-state index in [9.17, 15) is 4.79 Å². The number of carbonyl (C=O) groups is 1. The van der Waals surface area contributed by atoms with Crippen molar-refractivity contribution in [2.24, 2.45) is 5.92 Å². The zero-order chi connectivity index (χ0) is 17.1. The summed E-state index contributed by atoms with van der Waals surface area (Å²) in [5, 5.41) is 0. The predicted molar refractivity (Wildman–Crippen MR) is 98.8 cm³/mol. The third-order valence-electron chi connectivity index (χ3n) is 5.46. The average Bonchev–Trinajstić information content (AvgIpc) is 3.37. The molecular weight excluding hydrogens is 310 g/mol. The fourth-order valence-electron chi connectivity index (χ4n) is 3.83. The first kappa shape index (κ1) is 16.4. The number of nitrogens with one attached hydrogen (secondary N) is 1. The van der Waals surface area contributed by atoms with Gasteiger partial charge in [-0.3, -0.25) is 9.69 Å². The highest BCUT2D eigenvalue weighted by Gasteiger charge is 2.36. The van der Waals surface area contributed by atoms with Gasteiger partial charge in [-0.25, -0.2) is 0 Å². The largest absolute Gasteiger partial charge is 0.364 e. The zero-order valence-electron chi connectivity index (χ0n) is 14.7. The third-order valence-corrected chi connectivity index (χ3v) is 5.46. The summed E-state index contributed by atoms with van der Waals surface area (Å²) >= 11 is 0. The van der Waals surface area contributed by atoms with Gasteiger partial charge < -0.3 is 9.88 Å². The quantitative estimate of drug-likeness (QED) is 0.877. The molecule has 1 aromatic heterocycles. The fraction of sp³-hybridized carbons (Fsp3) is 0.476. The van der Waals surface area contributed by atoms with Crippen molar-refractivity contribution in [3.63, 3.8) is 0 Å². The molecule has 2 aliphatic rings. The van der Waals surface area contributed by atoms with E-state index in [1.54, 1.807) is 0 Å². The molecule has 4 nitrogen and oxygen atoms in total. The summed E-state index contributed by atoms with van der Waals surface area (Å²) in [6, 6.07) is 15.1. The highest BCUT2D eigenvalue weighted by Crippen LogP contribution is 2.32. The molecule has 0 spiro atoms. The van der Waals surface area contributed by atoms with Gasteiger partial charge in [0.2, 0.25) is 5.91 Å². The number of H-pyrrole nitrogens is 1. The first-order chi connectivity index (χ1) is 12.3. The van der Waals surface area contributed by atoms with Crippen LogP contribution < -0.4 is 0 Å². The lowest BCUT2D eigenvalue weighted by Crippen LogP contribution is -2.43. The first-order valence-corrected chi connectivity index (χ1v) is 9.48. The van der Waals surface area contributed by atoms with Gasteiger partial charge in [0, 0.05) is 36.9 Å². The van der Waals surface area contributed by atoms with Crippen LogP contribution in [-0.4, -0.2) is 39.8 Å². The Morgan fingerprint density at radius 3 is 2.44 bits per heavy atom. The Hall–Kier alpha value is -2.07. The molecule has 1 aromatic carbocycles. The van der Waals surface area contributed by atoms with Gasteiger partial charge in [0.25, 0.3) is 0 Å². The number of aromatic nitrogens is 1. The summed E-state index contributed by atoms with van der Waals surface area (Å²) in [5.41, 5.74) is 2.50. The number of nitrogens with zero attached hydrogens (tertiary/aromatic N) is 2. The molecule has 132 valence electrons. The number of likely N-dealkylation sites (tertiary alicyclic amines) is 1. The molecule has 2 aromatic rings. The van der Waals surface area contributed by atoms with Gasteiger partial charge in [-0.15, -0.1) is 0 Å². The van der Waals surface area contributed by atoms with Gasteiger partial charge in [0.05, 0.1) is 0 Å². The van der Waals surface area contributed by atoms with Crippen LogP contribution in [0.5, 0.6) is 0 Å². The van der Waals surface area contributed by atoms with Crippen LogP contribution in [0.3, 0.4) is 0 Å². The first-order valence-electron chi connectivity index (χ1n) is 9.48.